The lowest BCUT2D eigenvalue weighted by Gasteiger charge is -2.04. The summed E-state index contributed by atoms with van der Waals surface area (Å²) in [4.78, 5) is 19.4. The highest BCUT2D eigenvalue weighted by Gasteiger charge is 2.14. The number of nitrogens with one attached hydrogen (secondary N) is 1. The minimum atomic E-state index is -0.376. The van der Waals surface area contributed by atoms with Gasteiger partial charge in [0.1, 0.15) is 11.6 Å². The van der Waals surface area contributed by atoms with E-state index < -0.39 is 0 Å². The van der Waals surface area contributed by atoms with Crippen LogP contribution in [-0.4, -0.2) is 25.0 Å². The average molecular weight is 321 g/mol. The van der Waals surface area contributed by atoms with Crippen molar-refractivity contribution >= 4 is 11.2 Å². The summed E-state index contributed by atoms with van der Waals surface area (Å²) in [5.41, 5.74) is 1.30. The van der Waals surface area contributed by atoms with Gasteiger partial charge in [0.15, 0.2) is 11.2 Å². The van der Waals surface area contributed by atoms with Crippen molar-refractivity contribution < 1.29 is 4.39 Å². The molecule has 0 saturated carbocycles. The molecule has 0 amide bonds. The molecule has 24 heavy (non-hydrogen) atoms. The van der Waals surface area contributed by atoms with Crippen molar-refractivity contribution in [2.45, 2.75) is 6.54 Å². The Hall–Kier alpha value is -3.35. The van der Waals surface area contributed by atoms with Crippen molar-refractivity contribution in [1.29, 1.82) is 0 Å². The largest absolute Gasteiger partial charge is 0.304 e. The molecule has 6 nitrogen and oxygen atoms in total. The zero-order valence-corrected chi connectivity index (χ0v) is 12.5. The summed E-state index contributed by atoms with van der Waals surface area (Å²) in [6.45, 7) is 0.147. The zero-order chi connectivity index (χ0) is 16.5. The quantitative estimate of drug-likeness (QED) is 0.628. The first kappa shape index (κ1) is 14.3. The molecule has 4 rings (SSSR count). The predicted octanol–water partition coefficient (Wildman–Crippen LogP) is 2.37. The Labute approximate surface area is 135 Å². The molecule has 0 atom stereocenters. The van der Waals surface area contributed by atoms with Gasteiger partial charge < -0.3 is 4.98 Å². The fourth-order valence-electron chi connectivity index (χ4n) is 2.49. The van der Waals surface area contributed by atoms with E-state index >= 15 is 0 Å². The van der Waals surface area contributed by atoms with Gasteiger partial charge in [0.2, 0.25) is 0 Å². The van der Waals surface area contributed by atoms with Crippen LogP contribution in [0, 0.1) is 5.82 Å². The maximum Gasteiger partial charge on any atom is 0.281 e. The van der Waals surface area contributed by atoms with Crippen molar-refractivity contribution in [2.24, 2.45) is 0 Å². The number of aromatic nitrogens is 5. The molecule has 7 heteroatoms. The molecule has 0 spiro atoms. The van der Waals surface area contributed by atoms with Crippen molar-refractivity contribution in [2.75, 3.05) is 0 Å². The van der Waals surface area contributed by atoms with Gasteiger partial charge in [-0.2, -0.15) is 0 Å². The van der Waals surface area contributed by atoms with Gasteiger partial charge in [-0.05, 0) is 6.07 Å². The monoisotopic (exact) mass is 321 g/mol. The molecule has 0 aliphatic rings. The van der Waals surface area contributed by atoms with Gasteiger partial charge in [-0.15, -0.1) is 5.10 Å². The molecule has 1 N–H and O–H groups in total. The van der Waals surface area contributed by atoms with E-state index in [1.807, 2.05) is 30.3 Å². The van der Waals surface area contributed by atoms with Crippen molar-refractivity contribution in [1.82, 2.24) is 25.0 Å². The van der Waals surface area contributed by atoms with Crippen molar-refractivity contribution in [3.05, 3.63) is 76.3 Å². The van der Waals surface area contributed by atoms with Gasteiger partial charge in [-0.25, -0.2) is 14.1 Å². The second-order valence-corrected chi connectivity index (χ2v) is 5.29. The molecule has 0 radical (unpaired) electrons. The van der Waals surface area contributed by atoms with E-state index in [0.717, 1.165) is 5.56 Å². The Kier molecular flexibility index (Phi) is 3.38. The van der Waals surface area contributed by atoms with Crippen LogP contribution in [0.2, 0.25) is 0 Å². The fraction of sp³-hybridized carbons (Fsp3) is 0.0588. The molecule has 0 saturated heterocycles. The van der Waals surface area contributed by atoms with E-state index in [4.69, 9.17) is 0 Å². The van der Waals surface area contributed by atoms with Crippen LogP contribution in [0.5, 0.6) is 0 Å². The average Bonchev–Trinajstić information content (AvgIpc) is 3.01. The zero-order valence-electron chi connectivity index (χ0n) is 12.5. The third-order valence-corrected chi connectivity index (χ3v) is 3.70. The molecular formula is C17H12FN5O. The van der Waals surface area contributed by atoms with Gasteiger partial charge in [0.25, 0.3) is 5.56 Å². The summed E-state index contributed by atoms with van der Waals surface area (Å²) in [7, 11) is 0. The maximum absolute atomic E-state index is 13.9. The molecule has 0 aliphatic carbocycles. The fourth-order valence-corrected chi connectivity index (χ4v) is 2.49. The van der Waals surface area contributed by atoms with Crippen molar-refractivity contribution in [3.63, 3.8) is 0 Å². The SMILES string of the molecule is O=c1[nH]c(-c2ccccc2)nc2c1nnn2Cc1ccccc1F. The molecule has 2 aromatic carbocycles. The van der Waals surface area contributed by atoms with Gasteiger partial charge in [-0.1, -0.05) is 53.7 Å². The lowest BCUT2D eigenvalue weighted by Crippen LogP contribution is -2.11. The molecule has 118 valence electrons. The summed E-state index contributed by atoms with van der Waals surface area (Å²) in [5.74, 6) is 0.0828. The van der Waals surface area contributed by atoms with Crippen molar-refractivity contribution in [3.8, 4) is 11.4 Å². The molecular weight excluding hydrogens is 309 g/mol. The molecule has 0 unspecified atom stereocenters. The Bertz CT molecular complexity index is 1070. The van der Waals surface area contributed by atoms with Gasteiger partial charge >= 0.3 is 0 Å². The van der Waals surface area contributed by atoms with Crippen LogP contribution in [0.15, 0.2) is 59.4 Å². The third kappa shape index (κ3) is 2.45. The van der Waals surface area contributed by atoms with Gasteiger partial charge in [0.05, 0.1) is 6.54 Å². The summed E-state index contributed by atoms with van der Waals surface area (Å²) in [6.07, 6.45) is 0. The highest BCUT2D eigenvalue weighted by molar-refractivity contribution is 5.71. The molecule has 4 aromatic rings. The van der Waals surface area contributed by atoms with E-state index in [9.17, 15) is 9.18 Å². The van der Waals surface area contributed by atoms with Crippen LogP contribution in [0.25, 0.3) is 22.6 Å². The highest BCUT2D eigenvalue weighted by atomic mass is 19.1. The van der Waals surface area contributed by atoms with Gasteiger partial charge in [-0.3, -0.25) is 4.79 Å². The number of benzene rings is 2. The second kappa shape index (κ2) is 5.69. The van der Waals surface area contributed by atoms with Crippen LogP contribution < -0.4 is 5.56 Å². The Balaban J connectivity index is 1.85. The first-order valence-electron chi connectivity index (χ1n) is 7.35. The summed E-state index contributed by atoms with van der Waals surface area (Å²) in [6, 6.07) is 15.7. The third-order valence-electron chi connectivity index (χ3n) is 3.70. The number of rotatable bonds is 3. The normalized spacial score (nSPS) is 11.0. The Morgan fingerprint density at radius 3 is 2.58 bits per heavy atom. The van der Waals surface area contributed by atoms with E-state index in [1.165, 1.54) is 10.7 Å². The predicted molar refractivity (Wildman–Crippen MR) is 86.9 cm³/mol. The van der Waals surface area contributed by atoms with Crippen LogP contribution in [0.3, 0.4) is 0 Å². The number of aromatic amines is 1. The highest BCUT2D eigenvalue weighted by Crippen LogP contribution is 2.16. The number of nitrogens with zero attached hydrogens (tertiary/aromatic N) is 4. The molecule has 0 bridgehead atoms. The van der Waals surface area contributed by atoms with Crippen LogP contribution in [0.4, 0.5) is 4.39 Å². The van der Waals surface area contributed by atoms with E-state index in [-0.39, 0.29) is 23.4 Å². The van der Waals surface area contributed by atoms with Crippen LogP contribution in [0.1, 0.15) is 5.56 Å². The standard InChI is InChI=1S/C17H12FN5O/c18-13-9-5-4-8-12(13)10-23-16-14(21-22-23)17(24)20-15(19-16)11-6-2-1-3-7-11/h1-9H,10H2,(H,19,20,24). The molecule has 2 heterocycles. The summed E-state index contributed by atoms with van der Waals surface area (Å²) < 4.78 is 15.3. The summed E-state index contributed by atoms with van der Waals surface area (Å²) in [5, 5.41) is 7.81. The Morgan fingerprint density at radius 1 is 1.04 bits per heavy atom. The summed E-state index contributed by atoms with van der Waals surface area (Å²) >= 11 is 0. The minimum absolute atomic E-state index is 0.131. The minimum Gasteiger partial charge on any atom is -0.304 e. The smallest absolute Gasteiger partial charge is 0.281 e. The van der Waals surface area contributed by atoms with Crippen LogP contribution in [-0.2, 0) is 6.54 Å². The first-order chi connectivity index (χ1) is 11.7. The molecule has 0 fully saturated rings. The first-order valence-corrected chi connectivity index (χ1v) is 7.35. The van der Waals surface area contributed by atoms with Gasteiger partial charge in [0, 0.05) is 11.1 Å². The molecule has 2 aromatic heterocycles. The lowest BCUT2D eigenvalue weighted by atomic mass is 10.2. The van der Waals surface area contributed by atoms with E-state index in [1.54, 1.807) is 18.2 Å². The number of fused-ring (bicyclic) bond motifs is 1. The Morgan fingerprint density at radius 2 is 1.79 bits per heavy atom. The van der Waals surface area contributed by atoms with Crippen LogP contribution >= 0.6 is 0 Å². The number of hydrogen-bond acceptors (Lipinski definition) is 4. The number of halogens is 1. The lowest BCUT2D eigenvalue weighted by molar-refractivity contribution is 0.582. The topological polar surface area (TPSA) is 76.5 Å². The number of hydrogen-bond donors (Lipinski definition) is 1. The van der Waals surface area contributed by atoms with E-state index in [0.29, 0.717) is 17.0 Å². The maximum atomic E-state index is 13.9. The second-order valence-electron chi connectivity index (χ2n) is 5.29. The number of H-pyrrole nitrogens is 1. The molecule has 0 aliphatic heterocycles. The van der Waals surface area contributed by atoms with E-state index in [2.05, 4.69) is 20.3 Å².